The molecule has 0 aliphatic carbocycles. The Morgan fingerprint density at radius 3 is 2.96 bits per heavy atom. The molecule has 0 fully saturated rings. The summed E-state index contributed by atoms with van der Waals surface area (Å²) in [4.78, 5) is 21.3. The third-order valence-electron chi connectivity index (χ3n) is 3.74. The van der Waals surface area contributed by atoms with Crippen molar-refractivity contribution in [2.45, 2.75) is 6.10 Å². The fraction of sp³-hybridized carbons (Fsp3) is 0.158. The summed E-state index contributed by atoms with van der Waals surface area (Å²) < 4.78 is 19.9. The Balaban J connectivity index is 1.91. The lowest BCUT2D eigenvalue weighted by molar-refractivity contribution is -0.0302. The number of benzene rings is 1. The molecular weight excluding hydrogens is 369 g/mol. The third-order valence-corrected chi connectivity index (χ3v) is 3.74. The molecule has 9 heteroatoms. The number of fused-ring (bicyclic) bond motifs is 1. The maximum absolute atomic E-state index is 14.3. The number of hydroxylamine groups is 1. The molecule has 0 unspecified atom stereocenters. The molecule has 3 aromatic rings. The number of aliphatic hydroxyl groups excluding tert-OH is 2. The predicted molar refractivity (Wildman–Crippen MR) is 98.1 cm³/mol. The molecule has 0 aliphatic heterocycles. The van der Waals surface area contributed by atoms with Crippen molar-refractivity contribution in [1.29, 1.82) is 0 Å². The maximum Gasteiger partial charge on any atom is 0.312 e. The molecule has 0 aliphatic rings. The first-order valence-corrected chi connectivity index (χ1v) is 8.14. The number of anilines is 2. The lowest BCUT2D eigenvalue weighted by Gasteiger charge is -2.10. The van der Waals surface area contributed by atoms with Gasteiger partial charge in [0.2, 0.25) is 5.76 Å². The minimum atomic E-state index is -1.15. The van der Waals surface area contributed by atoms with Crippen LogP contribution in [0.4, 0.5) is 15.8 Å². The van der Waals surface area contributed by atoms with Gasteiger partial charge < -0.3 is 19.9 Å². The average molecular weight is 385 g/mol. The first-order chi connectivity index (χ1) is 13.5. The van der Waals surface area contributed by atoms with Crippen LogP contribution in [0.3, 0.4) is 0 Å². The highest BCUT2D eigenvalue weighted by atomic mass is 19.1. The van der Waals surface area contributed by atoms with Gasteiger partial charge in [-0.3, -0.25) is 14.6 Å². The molecule has 8 nitrogen and oxygen atoms in total. The largest absolute Gasteiger partial charge is 0.448 e. The fourth-order valence-corrected chi connectivity index (χ4v) is 2.37. The second-order valence-electron chi connectivity index (χ2n) is 5.72. The van der Waals surface area contributed by atoms with Gasteiger partial charge in [0.05, 0.1) is 17.7 Å². The van der Waals surface area contributed by atoms with Gasteiger partial charge in [-0.05, 0) is 24.3 Å². The normalized spacial score (nSPS) is 11.8. The van der Waals surface area contributed by atoms with Gasteiger partial charge in [-0.15, -0.1) is 6.42 Å². The van der Waals surface area contributed by atoms with Crippen LogP contribution >= 0.6 is 0 Å². The van der Waals surface area contributed by atoms with E-state index in [-0.39, 0.29) is 23.7 Å². The van der Waals surface area contributed by atoms with Crippen molar-refractivity contribution < 1.29 is 28.7 Å². The van der Waals surface area contributed by atoms with Gasteiger partial charge in [0.25, 0.3) is 0 Å². The second-order valence-corrected chi connectivity index (χ2v) is 5.72. The second kappa shape index (κ2) is 8.49. The number of rotatable bonds is 7. The molecule has 1 amide bonds. The van der Waals surface area contributed by atoms with E-state index in [1.807, 2.05) is 0 Å². The quantitative estimate of drug-likeness (QED) is 0.361. The SMILES string of the molecule is C#Cc1ccc(Nc2c(C(=O)NOC[C@H](O)CO)oc3ccncc23)c(F)c1. The number of hydrogen-bond donors (Lipinski definition) is 4. The fourth-order valence-electron chi connectivity index (χ4n) is 2.37. The van der Waals surface area contributed by atoms with Crippen LogP contribution in [-0.2, 0) is 4.84 Å². The Morgan fingerprint density at radius 2 is 2.25 bits per heavy atom. The first-order valence-electron chi connectivity index (χ1n) is 8.14. The van der Waals surface area contributed by atoms with Crippen LogP contribution in [0.2, 0.25) is 0 Å². The highest BCUT2D eigenvalue weighted by molar-refractivity contribution is 6.06. The smallest absolute Gasteiger partial charge is 0.312 e. The minimum Gasteiger partial charge on any atom is -0.448 e. The lowest BCUT2D eigenvalue weighted by atomic mass is 10.2. The molecule has 144 valence electrons. The Labute approximate surface area is 158 Å². The molecule has 3 rings (SSSR count). The van der Waals surface area contributed by atoms with E-state index in [4.69, 9.17) is 20.8 Å². The van der Waals surface area contributed by atoms with Crippen molar-refractivity contribution in [3.05, 3.63) is 53.8 Å². The van der Waals surface area contributed by atoms with E-state index in [2.05, 4.69) is 21.7 Å². The number of nitrogens with one attached hydrogen (secondary N) is 2. The Bertz CT molecular complexity index is 1040. The topological polar surface area (TPSA) is 117 Å². The number of amides is 1. The molecule has 4 N–H and O–H groups in total. The summed E-state index contributed by atoms with van der Waals surface area (Å²) in [5, 5.41) is 21.3. The van der Waals surface area contributed by atoms with Gasteiger partial charge in [0, 0.05) is 18.0 Å². The number of nitrogens with zero attached hydrogens (tertiary/aromatic N) is 1. The van der Waals surface area contributed by atoms with Crippen LogP contribution in [0.25, 0.3) is 11.0 Å². The van der Waals surface area contributed by atoms with Crippen molar-refractivity contribution >= 4 is 28.3 Å². The Morgan fingerprint density at radius 1 is 1.43 bits per heavy atom. The zero-order valence-electron chi connectivity index (χ0n) is 14.5. The first kappa shape index (κ1) is 19.3. The minimum absolute atomic E-state index is 0.0798. The van der Waals surface area contributed by atoms with Crippen molar-refractivity contribution in [3.63, 3.8) is 0 Å². The molecular formula is C19H16FN3O5. The van der Waals surface area contributed by atoms with E-state index in [0.29, 0.717) is 16.5 Å². The van der Waals surface area contributed by atoms with Crippen molar-refractivity contribution in [2.24, 2.45) is 0 Å². The highest BCUT2D eigenvalue weighted by Gasteiger charge is 2.22. The van der Waals surface area contributed by atoms with E-state index < -0.39 is 24.4 Å². The third kappa shape index (κ3) is 4.10. The number of halogens is 1. The molecule has 28 heavy (non-hydrogen) atoms. The molecule has 0 bridgehead atoms. The molecule has 1 atom stereocenters. The number of carbonyl (C=O) groups excluding carboxylic acids is 1. The van der Waals surface area contributed by atoms with Gasteiger partial charge in [-0.2, -0.15) is 0 Å². The van der Waals surface area contributed by atoms with Crippen LogP contribution in [0.1, 0.15) is 16.1 Å². The summed E-state index contributed by atoms with van der Waals surface area (Å²) in [6.07, 6.45) is 7.05. The van der Waals surface area contributed by atoms with Gasteiger partial charge in [0.15, 0.2) is 0 Å². The summed E-state index contributed by atoms with van der Waals surface area (Å²) in [6, 6.07) is 5.72. The van der Waals surface area contributed by atoms with Crippen LogP contribution in [0.15, 0.2) is 41.1 Å². The molecule has 1 aromatic carbocycles. The lowest BCUT2D eigenvalue weighted by Crippen LogP contribution is -2.30. The van der Waals surface area contributed by atoms with Crippen molar-refractivity contribution in [3.8, 4) is 12.3 Å². The maximum atomic E-state index is 14.3. The standard InChI is InChI=1S/C19H16FN3O5/c1-2-11-3-4-15(14(20)7-11)22-17-13-8-21-6-5-16(13)28-18(17)19(26)23-27-10-12(25)9-24/h1,3-8,12,22,24-25H,9-10H2,(H,23,26)/t12-/m1/s1. The molecule has 0 saturated heterocycles. The average Bonchev–Trinajstić information content (AvgIpc) is 3.07. The van der Waals surface area contributed by atoms with Crippen molar-refractivity contribution in [1.82, 2.24) is 10.5 Å². The summed E-state index contributed by atoms with van der Waals surface area (Å²) in [5.74, 6) is 0.774. The van der Waals surface area contributed by atoms with Gasteiger partial charge in [0.1, 0.15) is 29.8 Å². The number of aliphatic hydroxyl groups is 2. The van der Waals surface area contributed by atoms with E-state index >= 15 is 0 Å². The number of aromatic nitrogens is 1. The zero-order chi connectivity index (χ0) is 20.1. The van der Waals surface area contributed by atoms with Gasteiger partial charge in [-0.1, -0.05) is 5.92 Å². The number of terminal acetylenes is 1. The number of hydrogen-bond acceptors (Lipinski definition) is 7. The number of pyridine rings is 1. The van der Waals surface area contributed by atoms with E-state index in [1.54, 1.807) is 12.1 Å². The van der Waals surface area contributed by atoms with Crippen LogP contribution in [0.5, 0.6) is 0 Å². The van der Waals surface area contributed by atoms with Crippen LogP contribution in [-0.4, -0.2) is 40.4 Å². The summed E-state index contributed by atoms with van der Waals surface area (Å²) in [5.41, 5.74) is 3.08. The molecule has 0 radical (unpaired) electrons. The van der Waals surface area contributed by atoms with Crippen LogP contribution < -0.4 is 10.8 Å². The Hall–Kier alpha value is -3.45. The highest BCUT2D eigenvalue weighted by Crippen LogP contribution is 2.33. The van der Waals surface area contributed by atoms with Crippen molar-refractivity contribution in [2.75, 3.05) is 18.5 Å². The molecule has 2 aromatic heterocycles. The van der Waals surface area contributed by atoms with Crippen LogP contribution in [0, 0.1) is 18.2 Å². The van der Waals surface area contributed by atoms with E-state index in [1.165, 1.54) is 24.5 Å². The summed E-state index contributed by atoms with van der Waals surface area (Å²) >= 11 is 0. The monoisotopic (exact) mass is 385 g/mol. The Kier molecular flexibility index (Phi) is 5.86. The zero-order valence-corrected chi connectivity index (χ0v) is 14.5. The number of furan rings is 1. The molecule has 0 saturated carbocycles. The van der Waals surface area contributed by atoms with Gasteiger partial charge in [-0.25, -0.2) is 9.87 Å². The molecule has 2 heterocycles. The summed E-state index contributed by atoms with van der Waals surface area (Å²) in [6.45, 7) is -0.846. The number of carbonyl (C=O) groups is 1. The van der Waals surface area contributed by atoms with E-state index in [9.17, 15) is 14.3 Å². The van der Waals surface area contributed by atoms with Gasteiger partial charge >= 0.3 is 5.91 Å². The predicted octanol–water partition coefficient (Wildman–Crippen LogP) is 1.71. The van der Waals surface area contributed by atoms with E-state index in [0.717, 1.165) is 0 Å². The summed E-state index contributed by atoms with van der Waals surface area (Å²) in [7, 11) is 0. The molecule has 0 spiro atoms.